The zero-order valence-electron chi connectivity index (χ0n) is 17.6. The predicted octanol–water partition coefficient (Wildman–Crippen LogP) is 5.42. The molecule has 8 nitrogen and oxygen atoms in total. The van der Waals surface area contributed by atoms with E-state index < -0.39 is 0 Å². The van der Waals surface area contributed by atoms with Gasteiger partial charge in [0, 0.05) is 30.9 Å². The molecule has 0 amide bonds. The Kier molecular flexibility index (Phi) is 4.85. The summed E-state index contributed by atoms with van der Waals surface area (Å²) in [6, 6.07) is 11.7. The summed E-state index contributed by atoms with van der Waals surface area (Å²) in [5.41, 5.74) is 4.73. The van der Waals surface area contributed by atoms with E-state index in [-0.39, 0.29) is 0 Å². The minimum atomic E-state index is 0.483. The van der Waals surface area contributed by atoms with E-state index in [2.05, 4.69) is 32.7 Å². The predicted molar refractivity (Wildman–Crippen MR) is 129 cm³/mol. The fraction of sp³-hybridized carbons (Fsp3) is 0.130. The second kappa shape index (κ2) is 8.02. The van der Waals surface area contributed by atoms with E-state index in [4.69, 9.17) is 21.2 Å². The zero-order chi connectivity index (χ0) is 22.4. The van der Waals surface area contributed by atoms with Crippen LogP contribution in [0.3, 0.4) is 0 Å². The number of fused-ring (bicyclic) bond motifs is 2. The number of rotatable bonds is 6. The van der Waals surface area contributed by atoms with Gasteiger partial charge in [-0.1, -0.05) is 22.8 Å². The van der Waals surface area contributed by atoms with Gasteiger partial charge >= 0.3 is 0 Å². The smallest absolute Gasteiger partial charge is 0.177 e. The molecule has 0 saturated heterocycles. The Morgan fingerprint density at radius 3 is 2.94 bits per heavy atom. The van der Waals surface area contributed by atoms with Gasteiger partial charge in [0.2, 0.25) is 0 Å². The Bertz CT molecular complexity index is 1600. The number of nitrogens with one attached hydrogen (secondary N) is 1. The first-order valence-electron chi connectivity index (χ1n) is 10.3. The lowest BCUT2D eigenvalue weighted by atomic mass is 10.3. The molecule has 0 aliphatic rings. The minimum absolute atomic E-state index is 0.483. The highest BCUT2D eigenvalue weighted by Gasteiger charge is 2.12. The van der Waals surface area contributed by atoms with Gasteiger partial charge in [-0.2, -0.15) is 5.10 Å². The van der Waals surface area contributed by atoms with Crippen molar-refractivity contribution in [3.8, 4) is 10.6 Å². The van der Waals surface area contributed by atoms with Crippen LogP contribution in [0.4, 0.5) is 5.82 Å². The molecule has 6 aromatic rings. The van der Waals surface area contributed by atoms with Crippen LogP contribution in [0.5, 0.6) is 0 Å². The molecule has 0 aromatic carbocycles. The molecule has 0 unspecified atom stereocenters. The average molecular weight is 476 g/mol. The molecule has 1 N–H and O–H groups in total. The third-order valence-electron chi connectivity index (χ3n) is 5.27. The molecule has 0 radical (unpaired) electrons. The summed E-state index contributed by atoms with van der Waals surface area (Å²) < 4.78 is 10.1. The maximum Gasteiger partial charge on any atom is 0.177 e. The van der Waals surface area contributed by atoms with Gasteiger partial charge in [0.25, 0.3) is 0 Å². The van der Waals surface area contributed by atoms with Gasteiger partial charge in [-0.15, -0.1) is 11.3 Å². The third kappa shape index (κ3) is 3.96. The number of pyridine rings is 2. The number of anilines is 1. The first kappa shape index (κ1) is 20.0. The molecular formula is C23H18ClN7OS. The van der Waals surface area contributed by atoms with E-state index in [9.17, 15) is 0 Å². The first-order chi connectivity index (χ1) is 16.1. The fourth-order valence-corrected chi connectivity index (χ4v) is 4.78. The number of thiophene rings is 1. The van der Waals surface area contributed by atoms with Gasteiger partial charge < -0.3 is 14.2 Å². The number of hydrogen-bond donors (Lipinski definition) is 1. The van der Waals surface area contributed by atoms with E-state index in [0.29, 0.717) is 23.2 Å². The zero-order valence-corrected chi connectivity index (χ0v) is 19.1. The van der Waals surface area contributed by atoms with Gasteiger partial charge in [-0.05, 0) is 36.8 Å². The number of aryl methyl sites for hydroxylation is 1. The number of imidazole rings is 1. The van der Waals surface area contributed by atoms with E-state index in [0.717, 1.165) is 44.2 Å². The minimum Gasteiger partial charge on any atom is -0.364 e. The van der Waals surface area contributed by atoms with Crippen molar-refractivity contribution in [1.82, 2.24) is 29.3 Å². The molecule has 0 aliphatic carbocycles. The van der Waals surface area contributed by atoms with E-state index >= 15 is 0 Å². The summed E-state index contributed by atoms with van der Waals surface area (Å²) in [5.74, 6) is 1.45. The molecule has 0 atom stereocenters. The molecule has 0 saturated carbocycles. The van der Waals surface area contributed by atoms with Gasteiger partial charge in [-0.3, -0.25) is 4.68 Å². The van der Waals surface area contributed by atoms with E-state index in [1.807, 2.05) is 58.7 Å². The third-order valence-corrected chi connectivity index (χ3v) is 6.52. The van der Waals surface area contributed by atoms with Gasteiger partial charge in [0.05, 0.1) is 38.9 Å². The molecule has 0 aliphatic heterocycles. The number of nitrogens with zero attached hydrogens (tertiary/aromatic N) is 6. The van der Waals surface area contributed by atoms with Crippen molar-refractivity contribution in [1.29, 1.82) is 0 Å². The largest absolute Gasteiger partial charge is 0.364 e. The summed E-state index contributed by atoms with van der Waals surface area (Å²) >= 11 is 7.48. The maximum atomic E-state index is 6.02. The quantitative estimate of drug-likeness (QED) is 0.346. The Morgan fingerprint density at radius 2 is 2.06 bits per heavy atom. The molecule has 0 fully saturated rings. The Hall–Kier alpha value is -3.69. The molecular weight excluding hydrogens is 458 g/mol. The summed E-state index contributed by atoms with van der Waals surface area (Å²) in [7, 11) is 0. The topological polar surface area (TPSA) is 86.1 Å². The monoisotopic (exact) mass is 475 g/mol. The summed E-state index contributed by atoms with van der Waals surface area (Å²) in [4.78, 5) is 9.93. The molecule has 0 bridgehead atoms. The Morgan fingerprint density at radius 1 is 1.12 bits per heavy atom. The van der Waals surface area contributed by atoms with Gasteiger partial charge in [0.1, 0.15) is 17.2 Å². The second-order valence-electron chi connectivity index (χ2n) is 7.74. The fourth-order valence-electron chi connectivity index (χ4n) is 3.79. The van der Waals surface area contributed by atoms with Gasteiger partial charge in [0.15, 0.2) is 5.76 Å². The van der Waals surface area contributed by atoms with Crippen molar-refractivity contribution in [2.75, 3.05) is 5.32 Å². The van der Waals surface area contributed by atoms with Crippen LogP contribution < -0.4 is 5.32 Å². The summed E-state index contributed by atoms with van der Waals surface area (Å²) in [6.45, 7) is 3.12. The van der Waals surface area contributed by atoms with Gasteiger partial charge in [-0.25, -0.2) is 9.97 Å². The van der Waals surface area contributed by atoms with Crippen molar-refractivity contribution in [3.05, 3.63) is 82.5 Å². The van der Waals surface area contributed by atoms with Crippen LogP contribution in [0, 0.1) is 6.92 Å². The van der Waals surface area contributed by atoms with Crippen LogP contribution >= 0.6 is 22.9 Å². The van der Waals surface area contributed by atoms with Crippen molar-refractivity contribution in [2.24, 2.45) is 0 Å². The van der Waals surface area contributed by atoms with Crippen LogP contribution in [0.1, 0.15) is 17.0 Å². The second-order valence-corrected chi connectivity index (χ2v) is 9.46. The summed E-state index contributed by atoms with van der Waals surface area (Å²) in [6.07, 6.45) is 7.87. The van der Waals surface area contributed by atoms with E-state index in [1.165, 1.54) is 11.3 Å². The average Bonchev–Trinajstić information content (AvgIpc) is 3.57. The molecule has 10 heteroatoms. The maximum absolute atomic E-state index is 6.02. The van der Waals surface area contributed by atoms with Crippen LogP contribution in [0.25, 0.3) is 27.2 Å². The van der Waals surface area contributed by atoms with Crippen LogP contribution in [-0.2, 0) is 13.1 Å². The van der Waals surface area contributed by atoms with Crippen LogP contribution in [-0.4, -0.2) is 29.3 Å². The Balaban J connectivity index is 1.21. The number of halogens is 1. The van der Waals surface area contributed by atoms with Crippen molar-refractivity contribution >= 4 is 45.3 Å². The number of aromatic nitrogens is 6. The van der Waals surface area contributed by atoms with Crippen molar-refractivity contribution < 1.29 is 4.52 Å². The summed E-state index contributed by atoms with van der Waals surface area (Å²) in [5, 5.41) is 13.2. The van der Waals surface area contributed by atoms with Crippen LogP contribution in [0.2, 0.25) is 4.34 Å². The lowest BCUT2D eigenvalue weighted by Crippen LogP contribution is -2.02. The molecule has 33 heavy (non-hydrogen) atoms. The Labute approximate surface area is 197 Å². The molecule has 6 heterocycles. The lowest BCUT2D eigenvalue weighted by molar-refractivity contribution is 0.425. The highest BCUT2D eigenvalue weighted by atomic mass is 35.5. The van der Waals surface area contributed by atoms with Crippen molar-refractivity contribution in [3.63, 3.8) is 0 Å². The molecule has 6 aromatic heterocycles. The van der Waals surface area contributed by atoms with Crippen LogP contribution in [0.15, 0.2) is 65.7 Å². The number of hydrogen-bond acceptors (Lipinski definition) is 7. The molecule has 164 valence electrons. The highest BCUT2D eigenvalue weighted by Crippen LogP contribution is 2.31. The lowest BCUT2D eigenvalue weighted by Gasteiger charge is -2.03. The normalized spacial score (nSPS) is 11.6. The molecule has 6 rings (SSSR count). The standard InChI is InChI=1S/C23H18ClN7OS/c1-14-10-30-11-15(2-5-22(30)27-14)12-31-13-17-18(28-31)6-7-25-23(17)26-9-16-8-19(32-29-16)20-3-4-21(24)33-20/h2-8,10-11,13H,9,12H2,1H3,(H,25,26). The SMILES string of the molecule is Cc1cn2cc(Cn3cc4c(NCc5cc(-c6ccc(Cl)s6)on5)nccc4n3)ccc2n1. The molecule has 0 spiro atoms. The van der Waals surface area contributed by atoms with Crippen molar-refractivity contribution in [2.45, 2.75) is 20.0 Å². The first-order valence-corrected chi connectivity index (χ1v) is 11.5. The van der Waals surface area contributed by atoms with E-state index in [1.54, 1.807) is 6.20 Å². The highest BCUT2D eigenvalue weighted by molar-refractivity contribution is 7.19.